The molecule has 2 N–H and O–H groups in total. The number of fused-ring (bicyclic) bond motifs is 1. The molecule has 0 spiro atoms. The van der Waals surface area contributed by atoms with Crippen LogP contribution in [-0.2, 0) is 26.4 Å². The van der Waals surface area contributed by atoms with Crippen LogP contribution in [0.15, 0.2) is 23.2 Å². The van der Waals surface area contributed by atoms with Crippen LogP contribution in [0, 0.1) is 6.92 Å². The van der Waals surface area contributed by atoms with Gasteiger partial charge in [0.1, 0.15) is 12.4 Å². The van der Waals surface area contributed by atoms with Gasteiger partial charge in [-0.25, -0.2) is 4.99 Å². The number of aliphatic imine (C=N–C) groups is 1. The minimum atomic E-state index is 0. The van der Waals surface area contributed by atoms with Crippen molar-refractivity contribution < 1.29 is 0 Å². The van der Waals surface area contributed by atoms with Crippen LogP contribution in [0.3, 0.4) is 0 Å². The van der Waals surface area contributed by atoms with Crippen LogP contribution in [0.5, 0.6) is 0 Å². The van der Waals surface area contributed by atoms with Crippen molar-refractivity contribution in [2.75, 3.05) is 0 Å². The molecule has 1 atom stereocenters. The number of rotatable bonds is 5. The average Bonchev–Trinajstić information content (AvgIpc) is 3.44. The lowest BCUT2D eigenvalue weighted by molar-refractivity contribution is 0.661. The third kappa shape index (κ3) is 5.04. The fraction of sp³-hybridized carbons (Fsp3) is 0.571. The van der Waals surface area contributed by atoms with Gasteiger partial charge in [-0.1, -0.05) is 18.2 Å². The number of benzene rings is 1. The Morgan fingerprint density at radius 3 is 2.64 bits per heavy atom. The molecular weight excluding hydrogens is 463 g/mol. The van der Waals surface area contributed by atoms with E-state index in [-0.39, 0.29) is 30.0 Å². The molecule has 0 amide bonds. The van der Waals surface area contributed by atoms with Gasteiger partial charge in [-0.2, -0.15) is 0 Å². The Labute approximate surface area is 184 Å². The van der Waals surface area contributed by atoms with Crippen LogP contribution in [-0.4, -0.2) is 26.8 Å². The van der Waals surface area contributed by atoms with E-state index in [0.717, 1.165) is 17.6 Å². The molecular formula is C21H31IN6. The predicted octanol–water partition coefficient (Wildman–Crippen LogP) is 3.58. The number of aromatic nitrogens is 3. The van der Waals surface area contributed by atoms with Gasteiger partial charge in [-0.15, -0.1) is 34.2 Å². The Morgan fingerprint density at radius 2 is 1.96 bits per heavy atom. The minimum Gasteiger partial charge on any atom is -0.354 e. The minimum absolute atomic E-state index is 0. The van der Waals surface area contributed by atoms with Crippen LogP contribution in [0.4, 0.5) is 0 Å². The van der Waals surface area contributed by atoms with Crippen molar-refractivity contribution in [1.82, 2.24) is 25.4 Å². The lowest BCUT2D eigenvalue weighted by atomic mass is 9.89. The molecule has 1 heterocycles. The van der Waals surface area contributed by atoms with Crippen molar-refractivity contribution in [2.24, 2.45) is 12.0 Å². The third-order valence-corrected chi connectivity index (χ3v) is 5.71. The number of guanidine groups is 1. The summed E-state index contributed by atoms with van der Waals surface area (Å²) >= 11 is 0. The van der Waals surface area contributed by atoms with E-state index in [1.54, 1.807) is 0 Å². The van der Waals surface area contributed by atoms with Crippen LogP contribution >= 0.6 is 24.0 Å². The highest BCUT2D eigenvalue weighted by molar-refractivity contribution is 14.0. The molecule has 2 aliphatic carbocycles. The molecule has 1 unspecified atom stereocenters. The predicted molar refractivity (Wildman–Crippen MR) is 123 cm³/mol. The van der Waals surface area contributed by atoms with Crippen molar-refractivity contribution in [3.63, 3.8) is 0 Å². The summed E-state index contributed by atoms with van der Waals surface area (Å²) in [6.07, 6.45) is 7.51. The van der Waals surface area contributed by atoms with Crippen LogP contribution in [0.1, 0.15) is 67.0 Å². The number of aryl methyl sites for hydroxylation is 3. The van der Waals surface area contributed by atoms with E-state index in [4.69, 9.17) is 4.99 Å². The number of hydrogen-bond donors (Lipinski definition) is 2. The summed E-state index contributed by atoms with van der Waals surface area (Å²) in [4.78, 5) is 4.77. The number of nitrogens with zero attached hydrogens (tertiary/aromatic N) is 4. The topological polar surface area (TPSA) is 67.1 Å². The van der Waals surface area contributed by atoms with Gasteiger partial charge >= 0.3 is 0 Å². The maximum absolute atomic E-state index is 4.77. The zero-order chi connectivity index (χ0) is 18.8. The molecule has 1 aromatic carbocycles. The van der Waals surface area contributed by atoms with Crippen molar-refractivity contribution in [2.45, 2.75) is 71.0 Å². The van der Waals surface area contributed by atoms with E-state index < -0.39 is 0 Å². The monoisotopic (exact) mass is 494 g/mol. The third-order valence-electron chi connectivity index (χ3n) is 5.71. The van der Waals surface area contributed by atoms with Crippen molar-refractivity contribution in [1.29, 1.82) is 0 Å². The van der Waals surface area contributed by atoms with E-state index in [1.165, 1.54) is 55.2 Å². The molecule has 2 aliphatic rings. The zero-order valence-corrected chi connectivity index (χ0v) is 19.4. The van der Waals surface area contributed by atoms with Crippen LogP contribution in [0.2, 0.25) is 0 Å². The fourth-order valence-corrected chi connectivity index (χ4v) is 3.60. The van der Waals surface area contributed by atoms with Crippen molar-refractivity contribution in [3.05, 3.63) is 46.5 Å². The molecule has 0 radical (unpaired) electrons. The van der Waals surface area contributed by atoms with Crippen LogP contribution in [0.25, 0.3) is 0 Å². The second-order valence-corrected chi connectivity index (χ2v) is 7.91. The van der Waals surface area contributed by atoms with Gasteiger partial charge in [-0.3, -0.25) is 0 Å². The largest absolute Gasteiger partial charge is 0.354 e. The van der Waals surface area contributed by atoms with E-state index in [2.05, 4.69) is 46.0 Å². The summed E-state index contributed by atoms with van der Waals surface area (Å²) in [5.74, 6) is 2.65. The van der Waals surface area contributed by atoms with Gasteiger partial charge < -0.3 is 15.2 Å². The van der Waals surface area contributed by atoms with Gasteiger partial charge in [0.05, 0.1) is 6.04 Å². The first-order valence-corrected chi connectivity index (χ1v) is 10.1. The Morgan fingerprint density at radius 1 is 1.21 bits per heavy atom. The molecule has 7 heteroatoms. The summed E-state index contributed by atoms with van der Waals surface area (Å²) in [6.45, 7) is 4.69. The zero-order valence-electron chi connectivity index (χ0n) is 17.0. The van der Waals surface area contributed by atoms with Gasteiger partial charge in [0.25, 0.3) is 0 Å². The second kappa shape index (κ2) is 9.24. The molecule has 2 aromatic rings. The first kappa shape index (κ1) is 21.1. The maximum atomic E-state index is 4.77. The second-order valence-electron chi connectivity index (χ2n) is 7.91. The lowest BCUT2D eigenvalue weighted by Gasteiger charge is -2.22. The quantitative estimate of drug-likeness (QED) is 0.379. The van der Waals surface area contributed by atoms with E-state index in [1.807, 2.05) is 18.5 Å². The Hall–Kier alpha value is -1.64. The Balaban J connectivity index is 0.00000225. The van der Waals surface area contributed by atoms with Gasteiger partial charge in [0, 0.05) is 13.1 Å². The molecule has 1 aromatic heterocycles. The highest BCUT2D eigenvalue weighted by Gasteiger charge is 2.23. The van der Waals surface area contributed by atoms with E-state index in [0.29, 0.717) is 12.6 Å². The molecule has 0 bridgehead atoms. The molecule has 0 aliphatic heterocycles. The fourth-order valence-electron chi connectivity index (χ4n) is 3.60. The van der Waals surface area contributed by atoms with Crippen molar-refractivity contribution >= 4 is 29.9 Å². The number of hydrogen-bond acceptors (Lipinski definition) is 3. The summed E-state index contributed by atoms with van der Waals surface area (Å²) in [6, 6.07) is 7.72. The Bertz CT molecular complexity index is 839. The summed E-state index contributed by atoms with van der Waals surface area (Å²) in [5.41, 5.74) is 4.38. The normalized spacial score (nSPS) is 17.5. The summed E-state index contributed by atoms with van der Waals surface area (Å²) < 4.78 is 1.99. The highest BCUT2D eigenvalue weighted by atomic mass is 127. The molecule has 1 saturated carbocycles. The average molecular weight is 494 g/mol. The first-order valence-electron chi connectivity index (χ1n) is 10.1. The SMILES string of the molecule is Cc1nnc(CN=C(NC2CC2)NC(C)c2ccc3c(c2)CCCC3)n1C.I. The molecule has 4 rings (SSSR count). The molecule has 6 nitrogen and oxygen atoms in total. The molecule has 28 heavy (non-hydrogen) atoms. The van der Waals surface area contributed by atoms with Gasteiger partial charge in [0.15, 0.2) is 11.8 Å². The highest BCUT2D eigenvalue weighted by Crippen LogP contribution is 2.25. The number of nitrogens with one attached hydrogen (secondary N) is 2. The summed E-state index contributed by atoms with van der Waals surface area (Å²) in [7, 11) is 1.98. The summed E-state index contributed by atoms with van der Waals surface area (Å²) in [5, 5.41) is 15.5. The van der Waals surface area contributed by atoms with Gasteiger partial charge in [0.2, 0.25) is 0 Å². The Kier molecular flexibility index (Phi) is 6.95. The van der Waals surface area contributed by atoms with Crippen LogP contribution < -0.4 is 10.6 Å². The smallest absolute Gasteiger partial charge is 0.192 e. The maximum Gasteiger partial charge on any atom is 0.192 e. The van der Waals surface area contributed by atoms with E-state index >= 15 is 0 Å². The molecule has 1 fully saturated rings. The molecule has 152 valence electrons. The van der Waals surface area contributed by atoms with E-state index in [9.17, 15) is 0 Å². The molecule has 0 saturated heterocycles. The lowest BCUT2D eigenvalue weighted by Crippen LogP contribution is -2.40. The number of halogens is 1. The van der Waals surface area contributed by atoms with Gasteiger partial charge in [-0.05, 0) is 69.1 Å². The van der Waals surface area contributed by atoms with Crippen molar-refractivity contribution in [3.8, 4) is 0 Å². The standard InChI is InChI=1S/C21H30N6.HI/c1-14(17-9-8-16-6-4-5-7-18(16)12-17)23-21(24-19-10-11-19)22-13-20-26-25-15(2)27(20)3;/h8-9,12,14,19H,4-7,10-11,13H2,1-3H3,(H2,22,23,24);1H. The first-order chi connectivity index (χ1) is 13.1.